The highest BCUT2D eigenvalue weighted by Crippen LogP contribution is 2.30. The molecule has 148 valence electrons. The summed E-state index contributed by atoms with van der Waals surface area (Å²) in [6, 6.07) is 8.20. The van der Waals surface area contributed by atoms with Crippen LogP contribution >= 0.6 is 0 Å². The number of hydrogen-bond donors (Lipinski definition) is 2. The molecule has 0 radical (unpaired) electrons. The van der Waals surface area contributed by atoms with Crippen LogP contribution in [0.25, 0.3) is 0 Å². The highest BCUT2D eigenvalue weighted by molar-refractivity contribution is 6.04. The first-order chi connectivity index (χ1) is 13.4. The number of hydrogen-bond acceptors (Lipinski definition) is 5. The molecule has 1 saturated carbocycles. The van der Waals surface area contributed by atoms with E-state index in [0.717, 1.165) is 24.8 Å². The molecular weight excluding hydrogens is 360 g/mol. The van der Waals surface area contributed by atoms with Crippen LogP contribution in [0.4, 0.5) is 5.69 Å². The van der Waals surface area contributed by atoms with Crippen LogP contribution in [0.5, 0.6) is 0 Å². The van der Waals surface area contributed by atoms with E-state index < -0.39 is 17.4 Å². The molecule has 1 aromatic carbocycles. The van der Waals surface area contributed by atoms with Gasteiger partial charge in [0.2, 0.25) is 0 Å². The minimum atomic E-state index is -0.994. The van der Waals surface area contributed by atoms with Gasteiger partial charge in [0.25, 0.3) is 11.8 Å². The molecule has 1 heterocycles. The van der Waals surface area contributed by atoms with Gasteiger partial charge < -0.3 is 19.8 Å². The summed E-state index contributed by atoms with van der Waals surface area (Å²) >= 11 is 0. The lowest BCUT2D eigenvalue weighted by atomic mass is 9.81. The minimum Gasteiger partial charge on any atom is -0.467 e. The van der Waals surface area contributed by atoms with Crippen molar-refractivity contribution in [2.75, 3.05) is 12.4 Å². The Morgan fingerprint density at radius 1 is 1.07 bits per heavy atom. The number of aryl methyl sites for hydroxylation is 1. The van der Waals surface area contributed by atoms with Crippen molar-refractivity contribution in [2.45, 2.75) is 44.6 Å². The highest BCUT2D eigenvalue weighted by Gasteiger charge is 2.42. The van der Waals surface area contributed by atoms with Gasteiger partial charge in [0.15, 0.2) is 5.76 Å². The van der Waals surface area contributed by atoms with Crippen molar-refractivity contribution < 1.29 is 23.5 Å². The summed E-state index contributed by atoms with van der Waals surface area (Å²) in [6.07, 6.45) is 5.27. The second kappa shape index (κ2) is 8.29. The Bertz CT molecular complexity index is 867. The molecule has 0 bridgehead atoms. The number of ether oxygens (including phenoxy) is 1. The second-order valence-corrected chi connectivity index (χ2v) is 7.05. The number of nitrogens with one attached hydrogen (secondary N) is 2. The zero-order valence-electron chi connectivity index (χ0n) is 16.0. The van der Waals surface area contributed by atoms with E-state index in [0.29, 0.717) is 24.1 Å². The predicted octanol–water partition coefficient (Wildman–Crippen LogP) is 3.45. The number of carbonyl (C=O) groups is 3. The average Bonchev–Trinajstić information content (AvgIpc) is 3.24. The first kappa shape index (κ1) is 19.7. The third-order valence-electron chi connectivity index (χ3n) is 5.13. The standard InChI is InChI=1S/C21H24N2O5/c1-14-8-9-15(13-16(14)22-19(25)17-7-6-12-28-17)18(24)23-21(20(26)27-2)10-4-3-5-11-21/h6-9,12-13H,3-5,10-11H2,1-2H3,(H,22,25)(H,23,24). The Hall–Kier alpha value is -3.09. The maximum atomic E-state index is 12.9. The lowest BCUT2D eigenvalue weighted by Crippen LogP contribution is -2.56. The highest BCUT2D eigenvalue weighted by atomic mass is 16.5. The number of amides is 2. The second-order valence-electron chi connectivity index (χ2n) is 7.05. The van der Waals surface area contributed by atoms with Crippen molar-refractivity contribution in [3.63, 3.8) is 0 Å². The van der Waals surface area contributed by atoms with E-state index >= 15 is 0 Å². The van der Waals surface area contributed by atoms with Gasteiger partial charge in [0.1, 0.15) is 5.54 Å². The molecule has 0 unspecified atom stereocenters. The van der Waals surface area contributed by atoms with Gasteiger partial charge in [-0.15, -0.1) is 0 Å². The summed E-state index contributed by atoms with van der Waals surface area (Å²) in [4.78, 5) is 37.5. The topological polar surface area (TPSA) is 97.6 Å². The molecule has 3 rings (SSSR count). The third kappa shape index (κ3) is 4.08. The van der Waals surface area contributed by atoms with Crippen molar-refractivity contribution in [2.24, 2.45) is 0 Å². The fourth-order valence-corrected chi connectivity index (χ4v) is 3.51. The Balaban J connectivity index is 1.80. The molecule has 28 heavy (non-hydrogen) atoms. The fraction of sp³-hybridized carbons (Fsp3) is 0.381. The third-order valence-corrected chi connectivity index (χ3v) is 5.13. The molecular formula is C21H24N2O5. The van der Waals surface area contributed by atoms with Crippen LogP contribution in [0.3, 0.4) is 0 Å². The first-order valence-electron chi connectivity index (χ1n) is 9.32. The van der Waals surface area contributed by atoms with Crippen LogP contribution in [0.2, 0.25) is 0 Å². The molecule has 1 aromatic heterocycles. The maximum absolute atomic E-state index is 12.9. The van der Waals surface area contributed by atoms with Crippen LogP contribution in [0.1, 0.15) is 58.6 Å². The van der Waals surface area contributed by atoms with Gasteiger partial charge >= 0.3 is 5.97 Å². The van der Waals surface area contributed by atoms with Crippen LogP contribution < -0.4 is 10.6 Å². The number of anilines is 1. The Labute approximate surface area is 163 Å². The van der Waals surface area contributed by atoms with Gasteiger partial charge in [0, 0.05) is 11.3 Å². The van der Waals surface area contributed by atoms with E-state index in [-0.39, 0.29) is 11.7 Å². The predicted molar refractivity (Wildman–Crippen MR) is 103 cm³/mol. The molecule has 1 aliphatic rings. The lowest BCUT2D eigenvalue weighted by molar-refractivity contribution is -0.149. The minimum absolute atomic E-state index is 0.182. The van der Waals surface area contributed by atoms with E-state index in [1.165, 1.54) is 13.4 Å². The fourth-order valence-electron chi connectivity index (χ4n) is 3.51. The molecule has 0 aliphatic heterocycles. The van der Waals surface area contributed by atoms with Gasteiger partial charge in [-0.3, -0.25) is 9.59 Å². The molecule has 0 spiro atoms. The number of methoxy groups -OCH3 is 1. The Morgan fingerprint density at radius 2 is 1.82 bits per heavy atom. The number of esters is 1. The van der Waals surface area contributed by atoms with Gasteiger partial charge in [-0.2, -0.15) is 0 Å². The van der Waals surface area contributed by atoms with Crippen LogP contribution in [-0.2, 0) is 9.53 Å². The lowest BCUT2D eigenvalue weighted by Gasteiger charge is -2.35. The van der Waals surface area contributed by atoms with E-state index in [2.05, 4.69) is 10.6 Å². The summed E-state index contributed by atoms with van der Waals surface area (Å²) in [6.45, 7) is 1.83. The maximum Gasteiger partial charge on any atom is 0.331 e. The van der Waals surface area contributed by atoms with Crippen LogP contribution in [-0.4, -0.2) is 30.4 Å². The molecule has 2 aromatic rings. The molecule has 1 aliphatic carbocycles. The van der Waals surface area contributed by atoms with Crippen LogP contribution in [0, 0.1) is 6.92 Å². The van der Waals surface area contributed by atoms with Gasteiger partial charge in [-0.1, -0.05) is 25.3 Å². The van der Waals surface area contributed by atoms with Gasteiger partial charge in [0.05, 0.1) is 13.4 Å². The molecule has 2 N–H and O–H groups in total. The van der Waals surface area contributed by atoms with E-state index in [1.807, 2.05) is 6.92 Å². The van der Waals surface area contributed by atoms with E-state index in [9.17, 15) is 14.4 Å². The summed E-state index contributed by atoms with van der Waals surface area (Å²) in [5, 5.41) is 5.63. The molecule has 1 fully saturated rings. The van der Waals surface area contributed by atoms with E-state index in [4.69, 9.17) is 9.15 Å². The van der Waals surface area contributed by atoms with Crippen LogP contribution in [0.15, 0.2) is 41.0 Å². The summed E-state index contributed by atoms with van der Waals surface area (Å²) < 4.78 is 10.0. The smallest absolute Gasteiger partial charge is 0.331 e. The van der Waals surface area contributed by atoms with Crippen molar-refractivity contribution in [3.8, 4) is 0 Å². The molecule has 7 nitrogen and oxygen atoms in total. The number of rotatable bonds is 5. The normalized spacial score (nSPS) is 15.5. The molecule has 7 heteroatoms. The average molecular weight is 384 g/mol. The zero-order chi connectivity index (χ0) is 20.1. The molecule has 2 amide bonds. The quantitative estimate of drug-likeness (QED) is 0.770. The summed E-state index contributed by atoms with van der Waals surface area (Å²) in [5.41, 5.74) is 0.669. The van der Waals surface area contributed by atoms with E-state index in [1.54, 1.807) is 30.3 Å². The Kier molecular flexibility index (Phi) is 5.82. The number of benzene rings is 1. The van der Waals surface area contributed by atoms with Crippen molar-refractivity contribution in [3.05, 3.63) is 53.5 Å². The van der Waals surface area contributed by atoms with Gasteiger partial charge in [-0.25, -0.2) is 4.79 Å². The largest absolute Gasteiger partial charge is 0.467 e. The molecule has 0 saturated heterocycles. The van der Waals surface area contributed by atoms with Crippen molar-refractivity contribution in [1.82, 2.24) is 5.32 Å². The molecule has 0 atom stereocenters. The van der Waals surface area contributed by atoms with Crippen molar-refractivity contribution >= 4 is 23.5 Å². The zero-order valence-corrected chi connectivity index (χ0v) is 16.0. The monoisotopic (exact) mass is 384 g/mol. The Morgan fingerprint density at radius 3 is 2.46 bits per heavy atom. The van der Waals surface area contributed by atoms with Crippen molar-refractivity contribution in [1.29, 1.82) is 0 Å². The first-order valence-corrected chi connectivity index (χ1v) is 9.32. The van der Waals surface area contributed by atoms with Gasteiger partial charge in [-0.05, 0) is 49.6 Å². The summed E-state index contributed by atoms with van der Waals surface area (Å²) in [7, 11) is 1.33. The number of furan rings is 1. The SMILES string of the molecule is COC(=O)C1(NC(=O)c2ccc(C)c(NC(=O)c3ccco3)c2)CCCCC1. The summed E-state index contributed by atoms with van der Waals surface area (Å²) in [5.74, 6) is -1.01. The number of carbonyl (C=O) groups excluding carboxylic acids is 3.